The summed E-state index contributed by atoms with van der Waals surface area (Å²) in [5, 5.41) is 10.5. The summed E-state index contributed by atoms with van der Waals surface area (Å²) in [7, 11) is 0. The lowest BCUT2D eigenvalue weighted by molar-refractivity contribution is -0.110. The minimum atomic E-state index is -0.109. The first kappa shape index (κ1) is 13.1. The zero-order valence-electron chi connectivity index (χ0n) is 11.6. The molecular weight excluding hydrogens is 262 g/mol. The molecule has 0 fully saturated rings. The first-order valence-corrected chi connectivity index (χ1v) is 6.64. The predicted molar refractivity (Wildman–Crippen MR) is 86.3 cm³/mol. The van der Waals surface area contributed by atoms with Crippen LogP contribution in [0.1, 0.15) is 23.6 Å². The molecule has 21 heavy (non-hydrogen) atoms. The molecule has 0 saturated carbocycles. The van der Waals surface area contributed by atoms with Crippen LogP contribution in [0.25, 0.3) is 11.6 Å². The van der Waals surface area contributed by atoms with Crippen LogP contribution in [0.3, 0.4) is 0 Å². The van der Waals surface area contributed by atoms with Crippen molar-refractivity contribution in [2.75, 3.05) is 11.1 Å². The summed E-state index contributed by atoms with van der Waals surface area (Å²) in [6.45, 7) is 1.70. The largest absolute Gasteiger partial charge is 0.398 e. The molecule has 2 aromatic carbocycles. The number of nitrogen functional groups attached to an aromatic ring is 1. The highest BCUT2D eigenvalue weighted by Gasteiger charge is 2.23. The molecule has 0 radical (unpaired) electrons. The van der Waals surface area contributed by atoms with Crippen molar-refractivity contribution in [3.8, 4) is 0 Å². The van der Waals surface area contributed by atoms with E-state index in [1.807, 2.05) is 42.5 Å². The number of benzene rings is 2. The number of anilines is 2. The lowest BCUT2D eigenvalue weighted by atomic mass is 10.0. The second-order valence-corrected chi connectivity index (χ2v) is 5.03. The molecule has 0 aliphatic carbocycles. The maximum atomic E-state index is 12.1. The first-order chi connectivity index (χ1) is 10.1. The molecule has 3 rings (SSSR count). The van der Waals surface area contributed by atoms with Gasteiger partial charge in [0.25, 0.3) is 5.91 Å². The fourth-order valence-electron chi connectivity index (χ4n) is 2.46. The second-order valence-electron chi connectivity index (χ2n) is 5.03. The van der Waals surface area contributed by atoms with E-state index in [9.17, 15) is 4.79 Å². The van der Waals surface area contributed by atoms with E-state index in [0.717, 1.165) is 16.8 Å². The molecule has 1 aliphatic heterocycles. The van der Waals surface area contributed by atoms with E-state index >= 15 is 0 Å². The average molecular weight is 277 g/mol. The minimum absolute atomic E-state index is 0.109. The summed E-state index contributed by atoms with van der Waals surface area (Å²) < 4.78 is 0. The van der Waals surface area contributed by atoms with Crippen molar-refractivity contribution >= 4 is 34.6 Å². The Morgan fingerprint density at radius 2 is 2.00 bits per heavy atom. The second kappa shape index (κ2) is 4.90. The van der Waals surface area contributed by atoms with Gasteiger partial charge in [0, 0.05) is 33.8 Å². The molecular formula is C17H15N3O. The summed E-state index contributed by atoms with van der Waals surface area (Å²) in [4.78, 5) is 12.1. The van der Waals surface area contributed by atoms with Crippen LogP contribution in [0.5, 0.6) is 0 Å². The molecule has 0 atom stereocenters. The van der Waals surface area contributed by atoms with Crippen LogP contribution in [0.4, 0.5) is 11.4 Å². The molecule has 104 valence electrons. The average Bonchev–Trinajstić information content (AvgIpc) is 2.75. The third kappa shape index (κ3) is 2.31. The highest BCUT2D eigenvalue weighted by atomic mass is 16.2. The van der Waals surface area contributed by atoms with Crippen LogP contribution < -0.4 is 11.1 Å². The standard InChI is InChI=1S/C17H15N3O/c1-10(18)12-7-6-11(9-15(12)19)8-14-13-4-2-3-5-16(13)20-17(14)21/h2-9,18H,19H2,1H3,(H,20,21)/b14-8+,18-10?. The number of carbonyl (C=O) groups is 1. The van der Waals surface area contributed by atoms with E-state index in [1.165, 1.54) is 0 Å². The van der Waals surface area contributed by atoms with Gasteiger partial charge in [-0.2, -0.15) is 0 Å². The van der Waals surface area contributed by atoms with E-state index in [-0.39, 0.29) is 5.91 Å². The van der Waals surface area contributed by atoms with Gasteiger partial charge >= 0.3 is 0 Å². The van der Waals surface area contributed by atoms with Gasteiger partial charge in [-0.25, -0.2) is 0 Å². The quantitative estimate of drug-likeness (QED) is 0.448. The zero-order chi connectivity index (χ0) is 15.0. The van der Waals surface area contributed by atoms with E-state index in [1.54, 1.807) is 13.0 Å². The maximum Gasteiger partial charge on any atom is 0.256 e. The van der Waals surface area contributed by atoms with Gasteiger partial charge in [0.1, 0.15) is 0 Å². The molecule has 1 aliphatic rings. The SMILES string of the molecule is CC(=N)c1ccc(/C=C2/C(=O)Nc3ccccc32)cc1N. The monoisotopic (exact) mass is 277 g/mol. The molecule has 4 nitrogen and oxygen atoms in total. The van der Waals surface area contributed by atoms with Gasteiger partial charge in [0.05, 0.1) is 0 Å². The Labute approximate surface area is 122 Å². The van der Waals surface area contributed by atoms with Crippen molar-refractivity contribution in [3.05, 3.63) is 59.2 Å². The predicted octanol–water partition coefficient (Wildman–Crippen LogP) is 3.15. The van der Waals surface area contributed by atoms with Crippen LogP contribution >= 0.6 is 0 Å². The van der Waals surface area contributed by atoms with Gasteiger partial charge in [-0.3, -0.25) is 4.79 Å². The molecule has 0 saturated heterocycles. The Balaban J connectivity index is 2.05. The minimum Gasteiger partial charge on any atom is -0.398 e. The molecule has 4 N–H and O–H groups in total. The van der Waals surface area contributed by atoms with Crippen molar-refractivity contribution in [1.82, 2.24) is 0 Å². The summed E-state index contributed by atoms with van der Waals surface area (Å²) in [6, 6.07) is 13.1. The molecule has 2 aromatic rings. The summed E-state index contributed by atoms with van der Waals surface area (Å²) in [5.74, 6) is -0.109. The number of fused-ring (bicyclic) bond motifs is 1. The van der Waals surface area contributed by atoms with Gasteiger partial charge in [-0.1, -0.05) is 30.3 Å². The third-order valence-corrected chi connectivity index (χ3v) is 3.50. The summed E-state index contributed by atoms with van der Waals surface area (Å²) >= 11 is 0. The molecule has 4 heteroatoms. The van der Waals surface area contributed by atoms with Crippen LogP contribution in [0.15, 0.2) is 42.5 Å². The number of carbonyl (C=O) groups excluding carboxylic acids is 1. The van der Waals surface area contributed by atoms with E-state index in [4.69, 9.17) is 11.1 Å². The van der Waals surface area contributed by atoms with E-state index < -0.39 is 0 Å². The lowest BCUT2D eigenvalue weighted by Gasteiger charge is -2.05. The van der Waals surface area contributed by atoms with Crippen molar-refractivity contribution < 1.29 is 4.79 Å². The number of amides is 1. The molecule has 0 bridgehead atoms. The highest BCUT2D eigenvalue weighted by molar-refractivity contribution is 6.34. The molecule has 0 unspecified atom stereocenters. The van der Waals surface area contributed by atoms with Crippen molar-refractivity contribution in [3.63, 3.8) is 0 Å². The number of rotatable bonds is 2. The third-order valence-electron chi connectivity index (χ3n) is 3.50. The van der Waals surface area contributed by atoms with Crippen LogP contribution in [0.2, 0.25) is 0 Å². The Hall–Kier alpha value is -2.88. The zero-order valence-corrected chi connectivity index (χ0v) is 11.6. The summed E-state index contributed by atoms with van der Waals surface area (Å²) in [6.07, 6.45) is 1.82. The van der Waals surface area contributed by atoms with E-state index in [2.05, 4.69) is 5.32 Å². The molecule has 0 aromatic heterocycles. The van der Waals surface area contributed by atoms with Gasteiger partial charge < -0.3 is 16.5 Å². The van der Waals surface area contributed by atoms with Crippen LogP contribution in [0, 0.1) is 5.41 Å². The van der Waals surface area contributed by atoms with E-state index in [0.29, 0.717) is 22.5 Å². The van der Waals surface area contributed by atoms with Crippen LogP contribution in [-0.4, -0.2) is 11.6 Å². The first-order valence-electron chi connectivity index (χ1n) is 6.64. The smallest absolute Gasteiger partial charge is 0.256 e. The number of nitrogens with one attached hydrogen (secondary N) is 2. The Morgan fingerprint density at radius 1 is 1.24 bits per heavy atom. The number of para-hydroxylation sites is 1. The fraction of sp³-hybridized carbons (Fsp3) is 0.0588. The number of hydrogen-bond donors (Lipinski definition) is 3. The fourth-order valence-corrected chi connectivity index (χ4v) is 2.46. The normalized spacial score (nSPS) is 14.9. The van der Waals surface area contributed by atoms with Crippen molar-refractivity contribution in [1.29, 1.82) is 5.41 Å². The molecule has 1 heterocycles. The Morgan fingerprint density at radius 3 is 2.71 bits per heavy atom. The maximum absolute atomic E-state index is 12.1. The van der Waals surface area contributed by atoms with Crippen molar-refractivity contribution in [2.24, 2.45) is 0 Å². The Kier molecular flexibility index (Phi) is 3.06. The molecule has 1 amide bonds. The van der Waals surface area contributed by atoms with Gasteiger partial charge in [-0.05, 0) is 30.7 Å². The Bertz CT molecular complexity index is 790. The van der Waals surface area contributed by atoms with Crippen molar-refractivity contribution in [2.45, 2.75) is 6.92 Å². The molecule has 0 spiro atoms. The topological polar surface area (TPSA) is 79.0 Å². The summed E-state index contributed by atoms with van der Waals surface area (Å²) in [5.41, 5.74) is 10.8. The van der Waals surface area contributed by atoms with Crippen LogP contribution in [-0.2, 0) is 4.79 Å². The van der Waals surface area contributed by atoms with Gasteiger partial charge in [0.15, 0.2) is 0 Å². The number of hydrogen-bond acceptors (Lipinski definition) is 3. The van der Waals surface area contributed by atoms with Gasteiger partial charge in [-0.15, -0.1) is 0 Å². The highest BCUT2D eigenvalue weighted by Crippen LogP contribution is 2.33. The van der Waals surface area contributed by atoms with Gasteiger partial charge in [0.2, 0.25) is 0 Å². The number of nitrogens with two attached hydrogens (primary N) is 1. The lowest BCUT2D eigenvalue weighted by Crippen LogP contribution is -2.04.